The van der Waals surface area contributed by atoms with Gasteiger partial charge in [-0.15, -0.1) is 0 Å². The summed E-state index contributed by atoms with van der Waals surface area (Å²) >= 11 is 0. The third-order valence-corrected chi connectivity index (χ3v) is 6.04. The van der Waals surface area contributed by atoms with Crippen LogP contribution in [0, 0.1) is 0 Å². The molecular formula is C29H33N5O3. The zero-order valence-corrected chi connectivity index (χ0v) is 21.3. The average Bonchev–Trinajstić information content (AvgIpc) is 2.93. The molecule has 0 saturated carbocycles. The maximum absolute atomic E-state index is 12.4. The Balaban J connectivity index is 1.32. The SMILES string of the molecule is COCCOCc1cccc(-c2cnc3ccc(NC(=O)NCCC[C@@H](C)c4ccccc4)nc3n2)c1. The van der Waals surface area contributed by atoms with Gasteiger partial charge in [0.15, 0.2) is 5.65 Å². The van der Waals surface area contributed by atoms with Crippen LogP contribution in [0.1, 0.15) is 36.8 Å². The molecule has 2 aromatic heterocycles. The molecule has 8 nitrogen and oxygen atoms in total. The molecule has 0 fully saturated rings. The molecule has 0 saturated heterocycles. The number of amides is 2. The van der Waals surface area contributed by atoms with Crippen molar-refractivity contribution in [1.82, 2.24) is 20.3 Å². The summed E-state index contributed by atoms with van der Waals surface area (Å²) < 4.78 is 10.6. The number of hydrogen-bond donors (Lipinski definition) is 2. The number of carbonyl (C=O) groups is 1. The Kier molecular flexibility index (Phi) is 9.51. The standard InChI is InChI=1S/C29H33N5O3/c1-21(23-10-4-3-5-11-23)8-7-15-30-29(35)34-27-14-13-25-28(33-27)32-26(19-31-25)24-12-6-9-22(18-24)20-37-17-16-36-2/h3-6,9-14,18-19,21H,7-8,15-17,20H2,1-2H3,(H2,30,32,33,34,35)/t21-/m1/s1. The summed E-state index contributed by atoms with van der Waals surface area (Å²) in [4.78, 5) is 26.1. The first-order chi connectivity index (χ1) is 18.1. The monoisotopic (exact) mass is 499 g/mol. The second-order valence-electron chi connectivity index (χ2n) is 8.88. The Hall–Kier alpha value is -3.88. The van der Waals surface area contributed by atoms with Crippen molar-refractivity contribution in [3.8, 4) is 11.3 Å². The minimum absolute atomic E-state index is 0.287. The lowest BCUT2D eigenvalue weighted by Crippen LogP contribution is -2.30. The van der Waals surface area contributed by atoms with Crippen molar-refractivity contribution in [1.29, 1.82) is 0 Å². The van der Waals surface area contributed by atoms with Gasteiger partial charge in [-0.1, -0.05) is 55.5 Å². The van der Waals surface area contributed by atoms with Gasteiger partial charge >= 0.3 is 6.03 Å². The summed E-state index contributed by atoms with van der Waals surface area (Å²) in [7, 11) is 1.65. The van der Waals surface area contributed by atoms with Gasteiger partial charge in [-0.25, -0.2) is 14.8 Å². The highest BCUT2D eigenvalue weighted by atomic mass is 16.5. The van der Waals surface area contributed by atoms with Crippen LogP contribution >= 0.6 is 0 Å². The van der Waals surface area contributed by atoms with Crippen LogP contribution in [0.15, 0.2) is 72.9 Å². The van der Waals surface area contributed by atoms with E-state index in [-0.39, 0.29) is 6.03 Å². The average molecular weight is 500 g/mol. The van der Waals surface area contributed by atoms with Crippen LogP contribution < -0.4 is 10.6 Å². The summed E-state index contributed by atoms with van der Waals surface area (Å²) in [6.07, 6.45) is 3.61. The Labute approximate surface area is 217 Å². The summed E-state index contributed by atoms with van der Waals surface area (Å²) in [6.45, 7) is 4.38. The number of ether oxygens (including phenoxy) is 2. The molecule has 1 atom stereocenters. The number of fused-ring (bicyclic) bond motifs is 1. The minimum Gasteiger partial charge on any atom is -0.382 e. The zero-order valence-electron chi connectivity index (χ0n) is 21.3. The van der Waals surface area contributed by atoms with E-state index in [1.807, 2.05) is 30.3 Å². The van der Waals surface area contributed by atoms with E-state index < -0.39 is 0 Å². The number of aromatic nitrogens is 3. The molecule has 0 radical (unpaired) electrons. The number of urea groups is 1. The smallest absolute Gasteiger partial charge is 0.320 e. The van der Waals surface area contributed by atoms with E-state index in [1.54, 1.807) is 25.4 Å². The first-order valence-electron chi connectivity index (χ1n) is 12.5. The van der Waals surface area contributed by atoms with Gasteiger partial charge in [0.2, 0.25) is 0 Å². The van der Waals surface area contributed by atoms with Crippen LogP contribution in [0.4, 0.5) is 10.6 Å². The first kappa shape index (κ1) is 26.2. The molecule has 0 aliphatic carbocycles. The summed E-state index contributed by atoms with van der Waals surface area (Å²) in [5.41, 5.74) is 5.10. The number of nitrogens with one attached hydrogen (secondary N) is 2. The second kappa shape index (κ2) is 13.4. The third kappa shape index (κ3) is 7.80. The Bertz CT molecular complexity index is 1300. The van der Waals surface area contributed by atoms with Crippen molar-refractivity contribution in [2.75, 3.05) is 32.2 Å². The predicted molar refractivity (Wildman–Crippen MR) is 145 cm³/mol. The predicted octanol–water partition coefficient (Wildman–Crippen LogP) is 5.56. The van der Waals surface area contributed by atoms with E-state index in [1.165, 1.54) is 5.56 Å². The molecule has 8 heteroatoms. The van der Waals surface area contributed by atoms with Crippen LogP contribution in [-0.2, 0) is 16.1 Å². The van der Waals surface area contributed by atoms with E-state index in [4.69, 9.17) is 9.47 Å². The van der Waals surface area contributed by atoms with Crippen molar-refractivity contribution in [3.05, 3.63) is 84.1 Å². The number of nitrogens with zero attached hydrogens (tertiary/aromatic N) is 3. The highest BCUT2D eigenvalue weighted by molar-refractivity contribution is 5.89. The molecule has 192 valence electrons. The van der Waals surface area contributed by atoms with Crippen molar-refractivity contribution in [2.24, 2.45) is 0 Å². The third-order valence-electron chi connectivity index (χ3n) is 6.04. The van der Waals surface area contributed by atoms with Crippen LogP contribution in [0.5, 0.6) is 0 Å². The number of pyridine rings is 1. The maximum atomic E-state index is 12.4. The van der Waals surface area contributed by atoms with Crippen molar-refractivity contribution >= 4 is 23.0 Å². The summed E-state index contributed by atoms with van der Waals surface area (Å²) in [5.74, 6) is 0.874. The molecule has 0 aliphatic heterocycles. The molecule has 0 aliphatic rings. The molecule has 2 amide bonds. The van der Waals surface area contributed by atoms with Crippen molar-refractivity contribution < 1.29 is 14.3 Å². The van der Waals surface area contributed by atoms with Gasteiger partial charge in [-0.2, -0.15) is 0 Å². The molecule has 2 N–H and O–H groups in total. The molecule has 2 aromatic carbocycles. The molecule has 37 heavy (non-hydrogen) atoms. The van der Waals surface area contributed by atoms with Gasteiger partial charge in [0.05, 0.1) is 31.7 Å². The molecule has 0 spiro atoms. The summed E-state index contributed by atoms with van der Waals surface area (Å²) in [5, 5.41) is 5.71. The van der Waals surface area contributed by atoms with E-state index >= 15 is 0 Å². The molecule has 4 aromatic rings. The number of hydrogen-bond acceptors (Lipinski definition) is 6. The Morgan fingerprint density at radius 1 is 1.00 bits per heavy atom. The first-order valence-corrected chi connectivity index (χ1v) is 12.5. The second-order valence-corrected chi connectivity index (χ2v) is 8.88. The van der Waals surface area contributed by atoms with Gasteiger partial charge in [-0.3, -0.25) is 10.3 Å². The van der Waals surface area contributed by atoms with Gasteiger partial charge in [0.1, 0.15) is 11.3 Å². The number of anilines is 1. The van der Waals surface area contributed by atoms with Gasteiger partial charge in [0.25, 0.3) is 0 Å². The zero-order chi connectivity index (χ0) is 25.9. The molecular weight excluding hydrogens is 466 g/mol. The lowest BCUT2D eigenvalue weighted by molar-refractivity contribution is 0.0617. The number of methoxy groups -OCH3 is 1. The molecule has 0 unspecified atom stereocenters. The summed E-state index contributed by atoms with van der Waals surface area (Å²) in [6, 6.07) is 21.6. The fraction of sp³-hybridized carbons (Fsp3) is 0.310. The lowest BCUT2D eigenvalue weighted by atomic mass is 9.96. The van der Waals surface area contributed by atoms with Gasteiger partial charge < -0.3 is 14.8 Å². The van der Waals surface area contributed by atoms with E-state index in [0.717, 1.165) is 24.0 Å². The Morgan fingerprint density at radius 3 is 2.70 bits per heavy atom. The van der Waals surface area contributed by atoms with Crippen molar-refractivity contribution in [2.45, 2.75) is 32.3 Å². The Morgan fingerprint density at radius 2 is 1.86 bits per heavy atom. The van der Waals surface area contributed by atoms with E-state index in [9.17, 15) is 4.79 Å². The number of carbonyl (C=O) groups excluding carboxylic acids is 1. The van der Waals surface area contributed by atoms with Gasteiger partial charge in [0, 0.05) is 19.2 Å². The molecule has 0 bridgehead atoms. The largest absolute Gasteiger partial charge is 0.382 e. The van der Waals surface area contributed by atoms with E-state index in [2.05, 4.69) is 56.8 Å². The lowest BCUT2D eigenvalue weighted by Gasteiger charge is -2.12. The highest BCUT2D eigenvalue weighted by Crippen LogP contribution is 2.21. The number of benzene rings is 2. The molecule has 2 heterocycles. The van der Waals surface area contributed by atoms with Gasteiger partial charge in [-0.05, 0) is 48.1 Å². The van der Waals surface area contributed by atoms with Crippen LogP contribution in [0.2, 0.25) is 0 Å². The normalized spacial score (nSPS) is 11.8. The topological polar surface area (TPSA) is 98.3 Å². The van der Waals surface area contributed by atoms with Crippen LogP contribution in [0.25, 0.3) is 22.4 Å². The number of rotatable bonds is 12. The fourth-order valence-corrected chi connectivity index (χ4v) is 3.98. The fourth-order valence-electron chi connectivity index (χ4n) is 3.98. The van der Waals surface area contributed by atoms with Crippen molar-refractivity contribution in [3.63, 3.8) is 0 Å². The van der Waals surface area contributed by atoms with E-state index in [0.29, 0.717) is 55.0 Å². The van der Waals surface area contributed by atoms with Crippen LogP contribution in [-0.4, -0.2) is 47.9 Å². The van der Waals surface area contributed by atoms with Crippen LogP contribution in [0.3, 0.4) is 0 Å². The highest BCUT2D eigenvalue weighted by Gasteiger charge is 2.09. The minimum atomic E-state index is -0.287. The maximum Gasteiger partial charge on any atom is 0.320 e. The quantitative estimate of drug-likeness (QED) is 0.248. The molecule has 4 rings (SSSR count).